The van der Waals surface area contributed by atoms with E-state index >= 15 is 0 Å². The first-order valence-electron chi connectivity index (χ1n) is 14.9. The average Bonchev–Trinajstić information content (AvgIpc) is 3.56. The molecule has 3 aliphatic rings. The third-order valence-corrected chi connectivity index (χ3v) is 9.22. The molecule has 9 rings (SSSR count). The van der Waals surface area contributed by atoms with Gasteiger partial charge in [-0.25, -0.2) is 15.0 Å². The standard InChI is InChI=1S/C40H27N3/c1-3-13-26(14-4-1)37-41-38(27-15-5-2-6-16-27)43-39(42-37)28-23-24-36-32(25-28)31-19-9-12-22-35(31)40(36)33-20-10-7-17-29(33)30-18-8-11-21-34(30)40/h1-5,7-15,17-25H,6,16H2. The lowest BCUT2D eigenvalue weighted by atomic mass is 9.70. The fourth-order valence-electron chi connectivity index (χ4n) is 7.39. The summed E-state index contributed by atoms with van der Waals surface area (Å²) in [5.74, 6) is 2.16. The molecule has 6 aromatic rings. The van der Waals surface area contributed by atoms with Gasteiger partial charge in [-0.2, -0.15) is 0 Å². The van der Waals surface area contributed by atoms with Crippen LogP contribution >= 0.6 is 0 Å². The Morgan fingerprint density at radius 1 is 0.465 bits per heavy atom. The van der Waals surface area contributed by atoms with Crippen molar-refractivity contribution < 1.29 is 0 Å². The van der Waals surface area contributed by atoms with Crippen molar-refractivity contribution in [2.24, 2.45) is 0 Å². The van der Waals surface area contributed by atoms with Crippen molar-refractivity contribution in [1.29, 1.82) is 0 Å². The van der Waals surface area contributed by atoms with E-state index in [9.17, 15) is 0 Å². The van der Waals surface area contributed by atoms with Crippen molar-refractivity contribution in [3.63, 3.8) is 0 Å². The van der Waals surface area contributed by atoms with Gasteiger partial charge >= 0.3 is 0 Å². The Morgan fingerprint density at radius 3 is 1.63 bits per heavy atom. The zero-order valence-corrected chi connectivity index (χ0v) is 23.5. The molecule has 3 aliphatic carbocycles. The van der Waals surface area contributed by atoms with E-state index in [1.807, 2.05) is 18.2 Å². The van der Waals surface area contributed by atoms with Crippen LogP contribution in [0.4, 0.5) is 0 Å². The van der Waals surface area contributed by atoms with Crippen molar-refractivity contribution >= 4 is 5.57 Å². The van der Waals surface area contributed by atoms with Gasteiger partial charge in [0, 0.05) is 11.1 Å². The van der Waals surface area contributed by atoms with Crippen LogP contribution in [0.25, 0.3) is 50.6 Å². The van der Waals surface area contributed by atoms with Gasteiger partial charge in [0.05, 0.1) is 5.41 Å². The summed E-state index contributed by atoms with van der Waals surface area (Å²) in [7, 11) is 0. The second-order valence-corrected chi connectivity index (χ2v) is 11.5. The molecule has 0 unspecified atom stereocenters. The third kappa shape index (κ3) is 3.45. The molecule has 0 bridgehead atoms. The van der Waals surface area contributed by atoms with E-state index in [1.54, 1.807) is 0 Å². The van der Waals surface area contributed by atoms with Gasteiger partial charge in [-0.05, 0) is 69.0 Å². The van der Waals surface area contributed by atoms with Crippen LogP contribution in [0, 0.1) is 0 Å². The first kappa shape index (κ1) is 24.2. The summed E-state index contributed by atoms with van der Waals surface area (Å²) in [6.07, 6.45) is 8.35. The molecule has 0 radical (unpaired) electrons. The molecule has 0 N–H and O–H groups in total. The average molecular weight is 550 g/mol. The van der Waals surface area contributed by atoms with E-state index in [2.05, 4.69) is 121 Å². The molecule has 0 saturated carbocycles. The normalized spacial score (nSPS) is 15.0. The van der Waals surface area contributed by atoms with Gasteiger partial charge in [-0.3, -0.25) is 0 Å². The number of hydrogen-bond donors (Lipinski definition) is 0. The number of fused-ring (bicyclic) bond motifs is 10. The number of allylic oxidation sites excluding steroid dienone is 4. The van der Waals surface area contributed by atoms with Crippen molar-refractivity contribution in [2.75, 3.05) is 0 Å². The highest BCUT2D eigenvalue weighted by Gasteiger charge is 2.51. The van der Waals surface area contributed by atoms with Gasteiger partial charge in [0.1, 0.15) is 0 Å². The molecule has 1 heterocycles. The predicted octanol–water partition coefficient (Wildman–Crippen LogP) is 9.28. The van der Waals surface area contributed by atoms with Gasteiger partial charge in [-0.1, -0.05) is 133 Å². The van der Waals surface area contributed by atoms with Crippen LogP contribution in [-0.4, -0.2) is 15.0 Å². The van der Waals surface area contributed by atoms with Crippen LogP contribution < -0.4 is 0 Å². The second-order valence-electron chi connectivity index (χ2n) is 11.5. The summed E-state index contributed by atoms with van der Waals surface area (Å²) in [6.45, 7) is 0. The summed E-state index contributed by atoms with van der Waals surface area (Å²) in [5, 5.41) is 0. The fraction of sp³-hybridized carbons (Fsp3) is 0.0750. The number of benzene rings is 5. The number of rotatable bonds is 3. The molecule has 0 saturated heterocycles. The van der Waals surface area contributed by atoms with Gasteiger partial charge in [-0.15, -0.1) is 0 Å². The number of nitrogens with zero attached hydrogens (tertiary/aromatic N) is 3. The SMILES string of the molecule is C1=CCCC(c2nc(-c3ccccc3)nc(-c3ccc4c(c3)-c3ccccc3C43c4ccccc4-c4ccccc43)n2)=C1. The molecular formula is C40H27N3. The van der Waals surface area contributed by atoms with E-state index in [-0.39, 0.29) is 5.41 Å². The summed E-state index contributed by atoms with van der Waals surface area (Å²) in [4.78, 5) is 15.1. The lowest BCUT2D eigenvalue weighted by Gasteiger charge is -2.30. The van der Waals surface area contributed by atoms with E-state index in [1.165, 1.54) is 44.5 Å². The minimum absolute atomic E-state index is 0.351. The van der Waals surface area contributed by atoms with Gasteiger partial charge < -0.3 is 0 Å². The van der Waals surface area contributed by atoms with Crippen molar-refractivity contribution in [3.05, 3.63) is 168 Å². The first-order chi connectivity index (χ1) is 21.3. The Morgan fingerprint density at radius 2 is 1.00 bits per heavy atom. The lowest BCUT2D eigenvalue weighted by Crippen LogP contribution is -2.25. The minimum Gasteiger partial charge on any atom is -0.209 e. The van der Waals surface area contributed by atoms with Crippen LogP contribution in [0.1, 0.15) is 40.9 Å². The summed E-state index contributed by atoms with van der Waals surface area (Å²) in [5.41, 5.74) is 13.3. The highest BCUT2D eigenvalue weighted by molar-refractivity contribution is 5.95. The van der Waals surface area contributed by atoms with Crippen molar-refractivity contribution in [3.8, 4) is 45.0 Å². The van der Waals surface area contributed by atoms with E-state index < -0.39 is 0 Å². The maximum Gasteiger partial charge on any atom is 0.164 e. The maximum atomic E-state index is 5.07. The monoisotopic (exact) mass is 549 g/mol. The zero-order chi connectivity index (χ0) is 28.4. The molecule has 0 atom stereocenters. The Labute approximate surface area is 251 Å². The lowest BCUT2D eigenvalue weighted by molar-refractivity contribution is 0.794. The van der Waals surface area contributed by atoms with Crippen LogP contribution in [0.15, 0.2) is 140 Å². The Balaban J connectivity index is 1.29. The molecule has 0 aliphatic heterocycles. The Hall–Kier alpha value is -5.41. The maximum absolute atomic E-state index is 5.07. The highest BCUT2D eigenvalue weighted by Crippen LogP contribution is 2.62. The van der Waals surface area contributed by atoms with E-state index in [4.69, 9.17) is 15.0 Å². The second kappa shape index (κ2) is 9.30. The smallest absolute Gasteiger partial charge is 0.164 e. The van der Waals surface area contributed by atoms with E-state index in [0.717, 1.165) is 35.4 Å². The summed E-state index contributed by atoms with van der Waals surface area (Å²) < 4.78 is 0. The topological polar surface area (TPSA) is 38.7 Å². The largest absolute Gasteiger partial charge is 0.209 e. The molecule has 5 aromatic carbocycles. The molecule has 43 heavy (non-hydrogen) atoms. The van der Waals surface area contributed by atoms with Crippen LogP contribution in [0.5, 0.6) is 0 Å². The number of hydrogen-bond acceptors (Lipinski definition) is 3. The Kier molecular flexibility index (Phi) is 5.24. The fourth-order valence-corrected chi connectivity index (χ4v) is 7.39. The molecule has 202 valence electrons. The highest BCUT2D eigenvalue weighted by atomic mass is 15.0. The molecule has 1 aromatic heterocycles. The molecule has 1 spiro atoms. The van der Waals surface area contributed by atoms with Gasteiger partial charge in [0.15, 0.2) is 17.5 Å². The summed E-state index contributed by atoms with van der Waals surface area (Å²) in [6, 6.07) is 43.8. The molecule has 0 fully saturated rings. The minimum atomic E-state index is -0.351. The van der Waals surface area contributed by atoms with Gasteiger partial charge in [0.25, 0.3) is 0 Å². The predicted molar refractivity (Wildman–Crippen MR) is 173 cm³/mol. The van der Waals surface area contributed by atoms with Crippen LogP contribution in [0.2, 0.25) is 0 Å². The van der Waals surface area contributed by atoms with Crippen molar-refractivity contribution in [2.45, 2.75) is 18.3 Å². The molecule has 3 nitrogen and oxygen atoms in total. The number of aromatic nitrogens is 3. The van der Waals surface area contributed by atoms with Crippen LogP contribution in [-0.2, 0) is 5.41 Å². The third-order valence-electron chi connectivity index (χ3n) is 9.22. The quantitative estimate of drug-likeness (QED) is 0.220. The molecular weight excluding hydrogens is 522 g/mol. The summed E-state index contributed by atoms with van der Waals surface area (Å²) >= 11 is 0. The van der Waals surface area contributed by atoms with Crippen molar-refractivity contribution in [1.82, 2.24) is 15.0 Å². The Bertz CT molecular complexity index is 2090. The van der Waals surface area contributed by atoms with Gasteiger partial charge in [0.2, 0.25) is 0 Å². The molecule has 3 heteroatoms. The molecule has 0 amide bonds. The first-order valence-corrected chi connectivity index (χ1v) is 14.9. The van der Waals surface area contributed by atoms with E-state index in [0.29, 0.717) is 11.6 Å². The van der Waals surface area contributed by atoms with Crippen LogP contribution in [0.3, 0.4) is 0 Å². The zero-order valence-electron chi connectivity index (χ0n) is 23.5.